The highest BCUT2D eigenvalue weighted by Crippen LogP contribution is 2.24. The highest BCUT2D eigenvalue weighted by atomic mass is 127. The number of ether oxygens (including phenoxy) is 1. The zero-order valence-corrected chi connectivity index (χ0v) is 20.3. The molecule has 2 rings (SSSR count). The van der Waals surface area contributed by atoms with Gasteiger partial charge in [-0.25, -0.2) is 0 Å². The molecule has 0 aromatic heterocycles. The van der Waals surface area contributed by atoms with Gasteiger partial charge in [0.2, 0.25) is 5.91 Å². The van der Waals surface area contributed by atoms with Crippen molar-refractivity contribution in [3.05, 3.63) is 0 Å². The van der Waals surface area contributed by atoms with Gasteiger partial charge in [0.15, 0.2) is 5.96 Å². The number of rotatable bonds is 7. The number of amides is 1. The minimum Gasteiger partial charge on any atom is -0.376 e. The lowest BCUT2D eigenvalue weighted by molar-refractivity contribution is -0.126. The molecule has 2 atom stereocenters. The van der Waals surface area contributed by atoms with Gasteiger partial charge >= 0.3 is 0 Å². The average molecular weight is 508 g/mol. The first-order chi connectivity index (χ1) is 13.1. The molecule has 0 spiro atoms. The normalized spacial score (nSPS) is 24.2. The van der Waals surface area contributed by atoms with E-state index in [0.29, 0.717) is 12.1 Å². The maximum absolute atomic E-state index is 12.3. The van der Waals surface area contributed by atoms with Crippen LogP contribution in [0.3, 0.4) is 0 Å². The number of carbonyl (C=O) groups is 1. The summed E-state index contributed by atoms with van der Waals surface area (Å²) in [5, 5.41) is 9.91. The summed E-state index contributed by atoms with van der Waals surface area (Å²) < 4.78 is 6.04. The van der Waals surface area contributed by atoms with Crippen LogP contribution in [0, 0.1) is 5.92 Å². The van der Waals surface area contributed by atoms with Crippen LogP contribution in [0.15, 0.2) is 4.99 Å². The zero-order chi connectivity index (χ0) is 19.5. The summed E-state index contributed by atoms with van der Waals surface area (Å²) in [5.74, 6) is 1.11. The zero-order valence-electron chi connectivity index (χ0n) is 18.0. The Morgan fingerprint density at radius 2 is 1.79 bits per heavy atom. The summed E-state index contributed by atoms with van der Waals surface area (Å²) >= 11 is 0. The number of guanidine groups is 1. The molecule has 2 saturated carbocycles. The molecule has 2 aliphatic rings. The van der Waals surface area contributed by atoms with Crippen LogP contribution in [0.5, 0.6) is 0 Å². The molecule has 0 aromatic rings. The van der Waals surface area contributed by atoms with E-state index in [0.717, 1.165) is 44.8 Å². The smallest absolute Gasteiger partial charge is 0.223 e. The quantitative estimate of drug-likeness (QED) is 0.162. The predicted octanol–water partition coefficient (Wildman–Crippen LogP) is 3.59. The summed E-state index contributed by atoms with van der Waals surface area (Å²) in [6.07, 6.45) is 12.2. The first-order valence-corrected chi connectivity index (χ1v) is 11.0. The van der Waals surface area contributed by atoms with E-state index >= 15 is 0 Å². The first-order valence-electron chi connectivity index (χ1n) is 11.0. The lowest BCUT2D eigenvalue weighted by atomic mass is 9.85. The van der Waals surface area contributed by atoms with E-state index < -0.39 is 0 Å². The van der Waals surface area contributed by atoms with Crippen LogP contribution in [-0.2, 0) is 9.53 Å². The molecular formula is C21H41IN4O2. The van der Waals surface area contributed by atoms with Gasteiger partial charge in [-0.05, 0) is 46.0 Å². The fourth-order valence-corrected chi connectivity index (χ4v) is 4.15. The minimum absolute atomic E-state index is 0. The summed E-state index contributed by atoms with van der Waals surface area (Å²) in [7, 11) is 1.80. The lowest BCUT2D eigenvalue weighted by Gasteiger charge is -2.30. The number of carbonyl (C=O) groups excluding carboxylic acids is 1. The Morgan fingerprint density at radius 3 is 2.43 bits per heavy atom. The van der Waals surface area contributed by atoms with Crippen molar-refractivity contribution in [2.45, 2.75) is 96.2 Å². The highest BCUT2D eigenvalue weighted by Gasteiger charge is 2.28. The minimum atomic E-state index is 0. The van der Waals surface area contributed by atoms with Crippen LogP contribution >= 0.6 is 24.0 Å². The van der Waals surface area contributed by atoms with Crippen LogP contribution in [0.1, 0.15) is 78.1 Å². The van der Waals surface area contributed by atoms with Crippen molar-refractivity contribution >= 4 is 35.8 Å². The summed E-state index contributed by atoms with van der Waals surface area (Å²) in [6, 6.07) is 0.504. The Kier molecular flexibility index (Phi) is 13.1. The second kappa shape index (κ2) is 14.4. The van der Waals surface area contributed by atoms with Crippen molar-refractivity contribution in [2.24, 2.45) is 10.9 Å². The molecule has 0 aliphatic heterocycles. The summed E-state index contributed by atoms with van der Waals surface area (Å²) in [4.78, 5) is 16.6. The number of nitrogens with zero attached hydrogens (tertiary/aromatic N) is 1. The Labute approximate surface area is 188 Å². The molecule has 164 valence electrons. The van der Waals surface area contributed by atoms with Gasteiger partial charge in [-0.1, -0.05) is 32.1 Å². The van der Waals surface area contributed by atoms with Crippen LogP contribution < -0.4 is 16.0 Å². The van der Waals surface area contributed by atoms with Gasteiger partial charge in [0.05, 0.1) is 12.7 Å². The number of halogens is 1. The van der Waals surface area contributed by atoms with E-state index in [1.165, 1.54) is 38.5 Å². The molecule has 7 heteroatoms. The monoisotopic (exact) mass is 508 g/mol. The Balaban J connectivity index is 0.00000392. The predicted molar refractivity (Wildman–Crippen MR) is 126 cm³/mol. The van der Waals surface area contributed by atoms with Gasteiger partial charge in [-0.2, -0.15) is 0 Å². The first kappa shape index (κ1) is 25.5. The third-order valence-electron chi connectivity index (χ3n) is 5.59. The molecule has 2 aliphatic carbocycles. The molecule has 2 unspecified atom stereocenters. The molecule has 28 heavy (non-hydrogen) atoms. The Hall–Kier alpha value is -0.570. The van der Waals surface area contributed by atoms with Crippen molar-refractivity contribution in [1.82, 2.24) is 16.0 Å². The fourth-order valence-electron chi connectivity index (χ4n) is 4.15. The maximum Gasteiger partial charge on any atom is 0.223 e. The third-order valence-corrected chi connectivity index (χ3v) is 5.59. The molecule has 1 amide bonds. The van der Waals surface area contributed by atoms with Gasteiger partial charge in [0.25, 0.3) is 0 Å². The number of aliphatic imine (C=N–C) groups is 1. The molecule has 0 heterocycles. The van der Waals surface area contributed by atoms with E-state index in [1.807, 2.05) is 13.8 Å². The second-order valence-corrected chi connectivity index (χ2v) is 8.35. The largest absolute Gasteiger partial charge is 0.376 e. The summed E-state index contributed by atoms with van der Waals surface area (Å²) in [6.45, 7) is 5.51. The molecule has 0 radical (unpaired) electrons. The van der Waals surface area contributed by atoms with E-state index in [-0.39, 0.29) is 41.8 Å². The van der Waals surface area contributed by atoms with Gasteiger partial charge in [-0.15, -0.1) is 24.0 Å². The van der Waals surface area contributed by atoms with E-state index in [2.05, 4.69) is 20.9 Å². The molecule has 0 bridgehead atoms. The Morgan fingerprint density at radius 1 is 1.07 bits per heavy atom. The molecular weight excluding hydrogens is 467 g/mol. The molecule has 0 aromatic carbocycles. The van der Waals surface area contributed by atoms with Crippen molar-refractivity contribution in [3.63, 3.8) is 0 Å². The van der Waals surface area contributed by atoms with Crippen molar-refractivity contribution in [2.75, 3.05) is 20.2 Å². The van der Waals surface area contributed by atoms with Gasteiger partial charge in [-0.3, -0.25) is 9.79 Å². The molecule has 2 fully saturated rings. The van der Waals surface area contributed by atoms with E-state index in [1.54, 1.807) is 7.05 Å². The number of nitrogens with one attached hydrogen (secondary N) is 3. The van der Waals surface area contributed by atoms with Crippen molar-refractivity contribution in [1.29, 1.82) is 0 Å². The number of hydrogen-bond donors (Lipinski definition) is 3. The second-order valence-electron chi connectivity index (χ2n) is 8.35. The van der Waals surface area contributed by atoms with Crippen molar-refractivity contribution < 1.29 is 9.53 Å². The lowest BCUT2D eigenvalue weighted by Crippen LogP contribution is -2.48. The van der Waals surface area contributed by atoms with Crippen molar-refractivity contribution in [3.8, 4) is 0 Å². The number of hydrogen-bond acceptors (Lipinski definition) is 3. The van der Waals surface area contributed by atoms with Crippen LogP contribution in [0.4, 0.5) is 0 Å². The fraction of sp³-hybridized carbons (Fsp3) is 0.905. The third kappa shape index (κ3) is 9.76. The molecule has 0 saturated heterocycles. The highest BCUT2D eigenvalue weighted by molar-refractivity contribution is 14.0. The Bertz CT molecular complexity index is 465. The SMILES string of the molecule is CN=C(NCCOC1CCCCCC1)NC1CCCC(C(=O)NC(C)C)C1.I. The van der Waals surface area contributed by atoms with Crippen LogP contribution in [0.25, 0.3) is 0 Å². The molecule has 6 nitrogen and oxygen atoms in total. The summed E-state index contributed by atoms with van der Waals surface area (Å²) in [5.41, 5.74) is 0. The van der Waals surface area contributed by atoms with Gasteiger partial charge in [0.1, 0.15) is 0 Å². The average Bonchev–Trinajstić information content (AvgIpc) is 2.92. The molecule has 3 N–H and O–H groups in total. The van der Waals surface area contributed by atoms with E-state index in [4.69, 9.17) is 4.74 Å². The van der Waals surface area contributed by atoms with Gasteiger partial charge in [0, 0.05) is 31.6 Å². The van der Waals surface area contributed by atoms with Crippen LogP contribution in [-0.4, -0.2) is 50.3 Å². The van der Waals surface area contributed by atoms with E-state index in [9.17, 15) is 4.79 Å². The van der Waals surface area contributed by atoms with Gasteiger partial charge < -0.3 is 20.7 Å². The topological polar surface area (TPSA) is 74.8 Å². The standard InChI is InChI=1S/C21H40N4O2.HI/c1-16(2)24-20(26)17-9-8-10-18(15-17)25-21(22-3)23-13-14-27-19-11-6-4-5-7-12-19;/h16-19H,4-15H2,1-3H3,(H,24,26)(H2,22,23,25);1H. The van der Waals surface area contributed by atoms with Crippen LogP contribution in [0.2, 0.25) is 0 Å². The maximum atomic E-state index is 12.3.